The average molecular weight is 484 g/mol. The van der Waals surface area contributed by atoms with Crippen LogP contribution in [0.2, 0.25) is 0 Å². The molecule has 0 aliphatic carbocycles. The molecule has 12 nitrogen and oxygen atoms in total. The van der Waals surface area contributed by atoms with Crippen LogP contribution in [0.3, 0.4) is 0 Å². The van der Waals surface area contributed by atoms with Crippen molar-refractivity contribution >= 4 is 49.7 Å². The number of benzene rings is 2. The number of non-ortho nitro benzene ring substituents is 1. The van der Waals surface area contributed by atoms with E-state index in [0.29, 0.717) is 17.3 Å². The van der Waals surface area contributed by atoms with E-state index < -0.39 is 38.5 Å². The minimum atomic E-state index is -1.75. The van der Waals surface area contributed by atoms with Gasteiger partial charge in [-0.05, 0) is 29.2 Å². The Labute approximate surface area is 173 Å². The molecule has 3 aromatic rings. The Bertz CT molecular complexity index is 1050. The van der Waals surface area contributed by atoms with Crippen LogP contribution in [0, 0.1) is 20.2 Å². The number of carboxylic acids is 1. The fourth-order valence-electron chi connectivity index (χ4n) is 1.97. The monoisotopic (exact) mass is 483 g/mol. The smallest absolute Gasteiger partial charge is 0.352 e. The second-order valence-corrected chi connectivity index (χ2v) is 7.11. The van der Waals surface area contributed by atoms with Crippen molar-refractivity contribution in [1.29, 1.82) is 0 Å². The standard InChI is InChI=1S/C8H6BrN3S.C7H4N2O7/c9-6-3-1-5(2-4-6)7-11-12-8(10)13-7;10-6-4(7(11)12)1-3(8(13)14)2-5(6)9(15)16/h1-4H,(H2,10,12);1-2,10H,(H,11,12). The highest BCUT2D eigenvalue weighted by Gasteiger charge is 2.21. The van der Waals surface area contributed by atoms with E-state index in [1.807, 2.05) is 24.3 Å². The van der Waals surface area contributed by atoms with Gasteiger partial charge in [0.05, 0.1) is 21.5 Å². The quantitative estimate of drug-likeness (QED) is 0.411. The lowest BCUT2D eigenvalue weighted by Crippen LogP contribution is -2.08. The van der Waals surface area contributed by atoms with E-state index in [4.69, 9.17) is 10.8 Å². The molecule has 150 valence electrons. The van der Waals surface area contributed by atoms with Gasteiger partial charge in [0.15, 0.2) is 5.01 Å². The molecule has 0 aliphatic heterocycles. The van der Waals surface area contributed by atoms with Crippen molar-refractivity contribution in [2.75, 3.05) is 5.73 Å². The maximum absolute atomic E-state index is 11.2. The van der Waals surface area contributed by atoms with Crippen LogP contribution in [0.4, 0.5) is 16.5 Å². The fourth-order valence-corrected chi connectivity index (χ4v) is 2.88. The Hall–Kier alpha value is -3.65. The molecule has 1 heterocycles. The van der Waals surface area contributed by atoms with Crippen LogP contribution in [0.15, 0.2) is 40.9 Å². The Morgan fingerprint density at radius 1 is 1.17 bits per heavy atom. The molecule has 0 bridgehead atoms. The van der Waals surface area contributed by atoms with Gasteiger partial charge in [0.1, 0.15) is 0 Å². The summed E-state index contributed by atoms with van der Waals surface area (Å²) in [6.45, 7) is 0. The molecule has 2 aromatic carbocycles. The molecule has 0 saturated heterocycles. The van der Waals surface area contributed by atoms with Gasteiger partial charge < -0.3 is 10.2 Å². The summed E-state index contributed by atoms with van der Waals surface area (Å²) in [5.74, 6) is -3.11. The summed E-state index contributed by atoms with van der Waals surface area (Å²) in [4.78, 5) is 29.1. The summed E-state index contributed by atoms with van der Waals surface area (Å²) in [5.41, 5.74) is 3.66. The van der Waals surface area contributed by atoms with E-state index in [-0.39, 0.29) is 0 Å². The number of nitrogens with one attached hydrogen (secondary N) is 1. The number of hydrogen-bond donors (Lipinski definition) is 2. The van der Waals surface area contributed by atoms with Gasteiger partial charge in [-0.25, -0.2) is 4.79 Å². The number of nitrogens with two attached hydrogens (primary N) is 1. The molecule has 0 spiro atoms. The number of nitro groups is 2. The van der Waals surface area contributed by atoms with Crippen LogP contribution in [-0.4, -0.2) is 26.0 Å². The molecule has 0 aliphatic rings. The highest BCUT2D eigenvalue weighted by molar-refractivity contribution is 9.10. The number of hydrogen-bond acceptors (Lipinski definition) is 9. The van der Waals surface area contributed by atoms with E-state index in [1.54, 1.807) is 0 Å². The first-order valence-corrected chi connectivity index (χ1v) is 8.98. The third-order valence-electron chi connectivity index (χ3n) is 3.26. The second kappa shape index (κ2) is 9.03. The number of aromatic nitrogens is 2. The number of rotatable bonds is 4. The molecule has 0 fully saturated rings. The first-order chi connectivity index (χ1) is 13.6. The molecule has 0 radical (unpaired) electrons. The zero-order valence-corrected chi connectivity index (χ0v) is 16.5. The van der Waals surface area contributed by atoms with Gasteiger partial charge in [0.2, 0.25) is 0 Å². The molecule has 1 aromatic heterocycles. The number of aromatic carboxylic acids is 1. The third kappa shape index (κ3) is 5.43. The molecule has 3 rings (SSSR count). The summed E-state index contributed by atoms with van der Waals surface area (Å²) in [6, 6.07) is 8.86. The molecular weight excluding hydrogens is 474 g/mol. The van der Waals surface area contributed by atoms with Crippen LogP contribution in [0.25, 0.3) is 10.6 Å². The van der Waals surface area contributed by atoms with Crippen LogP contribution in [0.5, 0.6) is 5.75 Å². The predicted octanol–water partition coefficient (Wildman–Crippen LogP) is 2.24. The Balaban J connectivity index is 0.000000211. The summed E-state index contributed by atoms with van der Waals surface area (Å²) < 4.78 is 1.06. The summed E-state index contributed by atoms with van der Waals surface area (Å²) in [6.07, 6.45) is 0. The lowest BCUT2D eigenvalue weighted by Gasteiger charge is -2.09. The van der Waals surface area contributed by atoms with Crippen LogP contribution < -0.4 is 15.9 Å². The van der Waals surface area contributed by atoms with Crippen molar-refractivity contribution in [3.63, 3.8) is 0 Å². The number of aromatic amines is 1. The number of nitrogens with zero attached hydrogens (tertiary/aromatic N) is 3. The van der Waals surface area contributed by atoms with Crippen molar-refractivity contribution in [3.8, 4) is 16.3 Å². The van der Waals surface area contributed by atoms with Gasteiger partial charge in [0.25, 0.3) is 11.4 Å². The van der Waals surface area contributed by atoms with Gasteiger partial charge in [-0.1, -0.05) is 33.2 Å². The number of nitro benzene ring substituents is 2. The number of halogens is 1. The summed E-state index contributed by atoms with van der Waals surface area (Å²) in [5, 5.41) is 48.7. The normalized spacial score (nSPS) is 9.97. The number of carboxylic acid groups (broad SMARTS) is 1. The molecule has 14 heteroatoms. The number of anilines is 1. The van der Waals surface area contributed by atoms with Gasteiger partial charge in [-0.3, -0.25) is 26.0 Å². The number of H-pyrrole nitrogens is 1. The number of carbonyl (C=O) groups is 1. The van der Waals surface area contributed by atoms with E-state index in [2.05, 4.69) is 26.1 Å². The van der Waals surface area contributed by atoms with Gasteiger partial charge in [0, 0.05) is 16.1 Å². The van der Waals surface area contributed by atoms with E-state index in [1.165, 1.54) is 11.3 Å². The average Bonchev–Trinajstić information content (AvgIpc) is 3.08. The first-order valence-electron chi connectivity index (χ1n) is 7.37. The Morgan fingerprint density at radius 3 is 2.24 bits per heavy atom. The minimum Gasteiger partial charge on any atom is -0.867 e. The minimum absolute atomic E-state index is 0.425. The molecule has 0 unspecified atom stereocenters. The van der Waals surface area contributed by atoms with Gasteiger partial charge >= 0.3 is 11.1 Å². The molecule has 29 heavy (non-hydrogen) atoms. The summed E-state index contributed by atoms with van der Waals surface area (Å²) in [7, 11) is 0. The van der Waals surface area contributed by atoms with Crippen LogP contribution in [-0.2, 0) is 0 Å². The topological polar surface area (TPSA) is 200 Å². The second-order valence-electron chi connectivity index (χ2n) is 5.16. The zero-order valence-electron chi connectivity index (χ0n) is 14.1. The van der Waals surface area contributed by atoms with E-state index >= 15 is 0 Å². The maximum Gasteiger partial charge on any atom is 0.352 e. The highest BCUT2D eigenvalue weighted by atomic mass is 79.9. The summed E-state index contributed by atoms with van der Waals surface area (Å²) >= 11 is 4.82. The first kappa shape index (κ1) is 21.6. The highest BCUT2D eigenvalue weighted by Crippen LogP contribution is 2.32. The molecule has 4 N–H and O–H groups in total. The SMILES string of the molecule is Nc1[nH+]nc(-c2ccc(Br)cc2)s1.O=C(O)c1cc([N+](=O)[O-])cc([N+](=O)[O-])c1[O-]. The van der Waals surface area contributed by atoms with Crippen molar-refractivity contribution in [2.24, 2.45) is 0 Å². The van der Waals surface area contributed by atoms with Crippen LogP contribution >= 0.6 is 27.3 Å². The van der Waals surface area contributed by atoms with Crippen LogP contribution in [0.1, 0.15) is 10.4 Å². The molecule has 0 amide bonds. The largest absolute Gasteiger partial charge is 0.867 e. The van der Waals surface area contributed by atoms with E-state index in [9.17, 15) is 30.1 Å². The zero-order chi connectivity index (χ0) is 21.7. The van der Waals surface area contributed by atoms with Gasteiger partial charge in [-0.2, -0.15) is 0 Å². The Kier molecular flexibility index (Phi) is 6.74. The molecule has 0 saturated carbocycles. The third-order valence-corrected chi connectivity index (χ3v) is 4.62. The lowest BCUT2D eigenvalue weighted by atomic mass is 10.1. The molecular formula is C15H10BrN5O7S. The lowest BCUT2D eigenvalue weighted by molar-refractivity contribution is -0.430. The van der Waals surface area contributed by atoms with Crippen molar-refractivity contribution in [3.05, 3.63) is 66.7 Å². The van der Waals surface area contributed by atoms with E-state index in [0.717, 1.165) is 15.0 Å². The van der Waals surface area contributed by atoms with Crippen molar-refractivity contribution in [1.82, 2.24) is 5.10 Å². The Morgan fingerprint density at radius 2 is 1.79 bits per heavy atom. The fraction of sp³-hybridized carbons (Fsp3) is 0. The van der Waals surface area contributed by atoms with Gasteiger partial charge in [-0.15, -0.1) is 5.10 Å². The molecule has 0 atom stereocenters. The number of nitrogen functional groups attached to an aromatic ring is 1. The predicted molar refractivity (Wildman–Crippen MR) is 102 cm³/mol. The maximum atomic E-state index is 11.2. The van der Waals surface area contributed by atoms with Crippen molar-refractivity contribution < 1.29 is 30.0 Å². The van der Waals surface area contributed by atoms with Crippen molar-refractivity contribution in [2.45, 2.75) is 0 Å².